The lowest BCUT2D eigenvalue weighted by atomic mass is 10.1. The third kappa shape index (κ3) is 17.7. The van der Waals surface area contributed by atoms with Gasteiger partial charge < -0.3 is 15.7 Å². The van der Waals surface area contributed by atoms with Crippen molar-refractivity contribution in [2.24, 2.45) is 0 Å². The van der Waals surface area contributed by atoms with E-state index < -0.39 is 0 Å². The van der Waals surface area contributed by atoms with Crippen LogP contribution in [0.3, 0.4) is 0 Å². The van der Waals surface area contributed by atoms with Crippen LogP contribution in [0.5, 0.6) is 0 Å². The van der Waals surface area contributed by atoms with Crippen LogP contribution in [0.15, 0.2) is 0 Å². The SMILES string of the molecule is CCCCCCCCCCC(C)NC(=O)CCNCCCCCO. The van der Waals surface area contributed by atoms with Gasteiger partial charge in [0, 0.05) is 25.6 Å². The molecule has 4 nitrogen and oxygen atoms in total. The largest absolute Gasteiger partial charge is 0.396 e. The molecule has 24 heavy (non-hydrogen) atoms. The molecule has 0 fully saturated rings. The highest BCUT2D eigenvalue weighted by Gasteiger charge is 2.06. The van der Waals surface area contributed by atoms with E-state index >= 15 is 0 Å². The predicted molar refractivity (Wildman–Crippen MR) is 103 cm³/mol. The van der Waals surface area contributed by atoms with E-state index in [9.17, 15) is 4.79 Å². The van der Waals surface area contributed by atoms with Crippen molar-refractivity contribution < 1.29 is 9.90 Å². The van der Waals surface area contributed by atoms with Crippen molar-refractivity contribution in [3.63, 3.8) is 0 Å². The van der Waals surface area contributed by atoms with E-state index in [0.717, 1.165) is 38.8 Å². The Morgan fingerprint density at radius 2 is 1.50 bits per heavy atom. The van der Waals surface area contributed by atoms with Gasteiger partial charge in [-0.25, -0.2) is 0 Å². The van der Waals surface area contributed by atoms with Gasteiger partial charge in [0.2, 0.25) is 5.91 Å². The van der Waals surface area contributed by atoms with Crippen molar-refractivity contribution >= 4 is 5.91 Å². The molecule has 0 aromatic carbocycles. The summed E-state index contributed by atoms with van der Waals surface area (Å²) in [5.74, 6) is 0.157. The molecule has 0 aliphatic heterocycles. The van der Waals surface area contributed by atoms with Gasteiger partial charge in [-0.3, -0.25) is 4.79 Å². The van der Waals surface area contributed by atoms with E-state index in [4.69, 9.17) is 5.11 Å². The molecule has 0 bridgehead atoms. The topological polar surface area (TPSA) is 61.4 Å². The second-order valence-electron chi connectivity index (χ2n) is 7.02. The molecule has 0 heterocycles. The minimum atomic E-state index is 0.157. The number of aliphatic hydroxyl groups is 1. The maximum atomic E-state index is 11.8. The fourth-order valence-corrected chi connectivity index (χ4v) is 2.87. The molecule has 3 N–H and O–H groups in total. The van der Waals surface area contributed by atoms with Crippen LogP contribution in [-0.4, -0.2) is 36.8 Å². The summed E-state index contributed by atoms with van der Waals surface area (Å²) in [6.07, 6.45) is 15.3. The Kier molecular flexibility index (Phi) is 18.2. The third-order valence-electron chi connectivity index (χ3n) is 4.44. The van der Waals surface area contributed by atoms with E-state index in [1.54, 1.807) is 0 Å². The number of carbonyl (C=O) groups excluding carboxylic acids is 1. The van der Waals surface area contributed by atoms with E-state index in [1.807, 2.05) is 0 Å². The van der Waals surface area contributed by atoms with Gasteiger partial charge in [-0.15, -0.1) is 0 Å². The Balaban J connectivity index is 3.33. The summed E-state index contributed by atoms with van der Waals surface area (Å²) in [5.41, 5.74) is 0. The molecule has 0 saturated carbocycles. The highest BCUT2D eigenvalue weighted by Crippen LogP contribution is 2.10. The summed E-state index contributed by atoms with van der Waals surface area (Å²) in [4.78, 5) is 11.8. The highest BCUT2D eigenvalue weighted by atomic mass is 16.2. The van der Waals surface area contributed by atoms with Crippen molar-refractivity contribution in [3.8, 4) is 0 Å². The summed E-state index contributed by atoms with van der Waals surface area (Å²) in [6, 6.07) is 0.294. The fourth-order valence-electron chi connectivity index (χ4n) is 2.87. The number of unbranched alkanes of at least 4 members (excludes halogenated alkanes) is 9. The number of rotatable bonds is 18. The Labute approximate surface area is 150 Å². The lowest BCUT2D eigenvalue weighted by molar-refractivity contribution is -0.121. The Morgan fingerprint density at radius 1 is 0.875 bits per heavy atom. The number of carbonyl (C=O) groups is 1. The van der Waals surface area contributed by atoms with Gasteiger partial charge in [-0.2, -0.15) is 0 Å². The minimum Gasteiger partial charge on any atom is -0.396 e. The fraction of sp³-hybridized carbons (Fsp3) is 0.950. The molecule has 0 saturated heterocycles. The van der Waals surface area contributed by atoms with Crippen LogP contribution in [0, 0.1) is 0 Å². The number of nitrogens with one attached hydrogen (secondary N) is 2. The second kappa shape index (κ2) is 18.7. The minimum absolute atomic E-state index is 0.157. The maximum Gasteiger partial charge on any atom is 0.221 e. The summed E-state index contributed by atoms with van der Waals surface area (Å²) >= 11 is 0. The van der Waals surface area contributed by atoms with Crippen molar-refractivity contribution in [2.45, 2.75) is 103 Å². The first-order chi connectivity index (χ1) is 11.7. The van der Waals surface area contributed by atoms with Crippen LogP contribution < -0.4 is 10.6 Å². The summed E-state index contributed by atoms with van der Waals surface area (Å²) in [7, 11) is 0. The zero-order valence-corrected chi connectivity index (χ0v) is 16.2. The smallest absolute Gasteiger partial charge is 0.221 e. The molecule has 4 heteroatoms. The molecule has 0 radical (unpaired) electrons. The molecule has 144 valence electrons. The first kappa shape index (κ1) is 23.4. The first-order valence-corrected chi connectivity index (χ1v) is 10.3. The molecule has 1 unspecified atom stereocenters. The van der Waals surface area contributed by atoms with Gasteiger partial charge in [-0.1, -0.05) is 58.3 Å². The van der Waals surface area contributed by atoms with Crippen molar-refractivity contribution in [2.75, 3.05) is 19.7 Å². The van der Waals surface area contributed by atoms with Crippen LogP contribution in [0.1, 0.15) is 97.3 Å². The van der Waals surface area contributed by atoms with E-state index in [-0.39, 0.29) is 12.5 Å². The monoisotopic (exact) mass is 342 g/mol. The van der Waals surface area contributed by atoms with Crippen LogP contribution in [-0.2, 0) is 4.79 Å². The van der Waals surface area contributed by atoms with Gasteiger partial charge in [0.25, 0.3) is 0 Å². The van der Waals surface area contributed by atoms with E-state index in [1.165, 1.54) is 51.4 Å². The Bertz CT molecular complexity index is 272. The van der Waals surface area contributed by atoms with E-state index in [0.29, 0.717) is 12.5 Å². The molecule has 0 aliphatic carbocycles. The first-order valence-electron chi connectivity index (χ1n) is 10.3. The molecular weight excluding hydrogens is 300 g/mol. The predicted octanol–water partition coefficient (Wildman–Crippen LogP) is 4.16. The van der Waals surface area contributed by atoms with Crippen LogP contribution in [0.25, 0.3) is 0 Å². The molecule has 1 amide bonds. The van der Waals surface area contributed by atoms with Gasteiger partial charge in [0.1, 0.15) is 0 Å². The summed E-state index contributed by atoms with van der Waals surface area (Å²) < 4.78 is 0. The molecule has 1 atom stereocenters. The Morgan fingerprint density at radius 3 is 2.17 bits per heavy atom. The van der Waals surface area contributed by atoms with Crippen LogP contribution in [0.4, 0.5) is 0 Å². The second-order valence-corrected chi connectivity index (χ2v) is 7.02. The average molecular weight is 343 g/mol. The average Bonchev–Trinajstić information content (AvgIpc) is 2.56. The summed E-state index contributed by atoms with van der Waals surface area (Å²) in [6.45, 7) is 6.32. The van der Waals surface area contributed by atoms with Crippen LogP contribution >= 0.6 is 0 Å². The van der Waals surface area contributed by atoms with Gasteiger partial charge >= 0.3 is 0 Å². The van der Waals surface area contributed by atoms with Gasteiger partial charge in [-0.05, 0) is 39.2 Å². The molecule has 0 aromatic heterocycles. The van der Waals surface area contributed by atoms with E-state index in [2.05, 4.69) is 24.5 Å². The van der Waals surface area contributed by atoms with Crippen molar-refractivity contribution in [3.05, 3.63) is 0 Å². The van der Waals surface area contributed by atoms with Gasteiger partial charge in [0.05, 0.1) is 0 Å². The highest BCUT2D eigenvalue weighted by molar-refractivity contribution is 5.76. The summed E-state index contributed by atoms with van der Waals surface area (Å²) in [5, 5.41) is 15.1. The molecule has 0 spiro atoms. The Hall–Kier alpha value is -0.610. The number of hydrogen-bond donors (Lipinski definition) is 3. The standard InChI is InChI=1S/C20H42N2O2/c1-3-4-5-6-7-8-9-11-14-19(2)22-20(24)15-17-21-16-12-10-13-18-23/h19,21,23H,3-18H2,1-2H3,(H,22,24). The van der Waals surface area contributed by atoms with Crippen molar-refractivity contribution in [1.29, 1.82) is 0 Å². The molecule has 0 aromatic rings. The quantitative estimate of drug-likeness (QED) is 0.328. The zero-order chi connectivity index (χ0) is 17.9. The number of hydrogen-bond acceptors (Lipinski definition) is 3. The maximum absolute atomic E-state index is 11.8. The molecular formula is C20H42N2O2. The normalized spacial score (nSPS) is 12.3. The van der Waals surface area contributed by atoms with Gasteiger partial charge in [0.15, 0.2) is 0 Å². The lowest BCUT2D eigenvalue weighted by Crippen LogP contribution is -2.34. The zero-order valence-electron chi connectivity index (χ0n) is 16.2. The molecule has 0 rings (SSSR count). The molecule has 0 aliphatic rings. The number of aliphatic hydroxyl groups excluding tert-OH is 1. The third-order valence-corrected chi connectivity index (χ3v) is 4.44. The van der Waals surface area contributed by atoms with Crippen LogP contribution in [0.2, 0.25) is 0 Å². The number of amides is 1. The lowest BCUT2D eigenvalue weighted by Gasteiger charge is -2.14. The van der Waals surface area contributed by atoms with Crippen molar-refractivity contribution in [1.82, 2.24) is 10.6 Å².